The number of rotatable bonds is 21. The smallest absolute Gasteiger partial charge is 0.341 e. The fourth-order valence-electron chi connectivity index (χ4n) is 4.99. The van der Waals surface area contributed by atoms with Gasteiger partial charge in [-0.1, -0.05) is 19.1 Å². The summed E-state index contributed by atoms with van der Waals surface area (Å²) in [5.41, 5.74) is 1.34. The number of carboxylic acid groups (broad SMARTS) is 1. The third-order valence-corrected chi connectivity index (χ3v) is 7.72. The first-order valence-electron chi connectivity index (χ1n) is 16.7. The van der Waals surface area contributed by atoms with Crippen LogP contribution in [0.2, 0.25) is 0 Å². The van der Waals surface area contributed by atoms with Crippen molar-refractivity contribution < 1.29 is 42.8 Å². The van der Waals surface area contributed by atoms with Crippen molar-refractivity contribution in [2.75, 3.05) is 66.5 Å². The number of benzene rings is 1. The average Bonchev–Trinajstić information content (AvgIpc) is 3.53. The van der Waals surface area contributed by atoms with Crippen molar-refractivity contribution in [1.29, 1.82) is 0 Å². The number of aromatic carboxylic acids is 1. The highest BCUT2D eigenvalue weighted by atomic mass is 19.1. The third-order valence-electron chi connectivity index (χ3n) is 7.72. The van der Waals surface area contributed by atoms with Crippen LogP contribution in [0.3, 0.4) is 0 Å². The Balaban J connectivity index is 0.000000291. The molecule has 3 heterocycles. The summed E-state index contributed by atoms with van der Waals surface area (Å²) in [4.78, 5) is 34.2. The van der Waals surface area contributed by atoms with E-state index in [9.17, 15) is 18.8 Å². The lowest BCUT2D eigenvalue weighted by Crippen LogP contribution is -2.24. The fraction of sp³-hybridized carbons (Fsp3) is 0.618. The molecule has 1 unspecified atom stereocenters. The summed E-state index contributed by atoms with van der Waals surface area (Å²) in [6.07, 6.45) is 6.24. The van der Waals surface area contributed by atoms with Gasteiger partial charge in [-0.25, -0.2) is 9.18 Å². The minimum Gasteiger partial charge on any atom is -0.477 e. The van der Waals surface area contributed by atoms with E-state index in [1.165, 1.54) is 12.3 Å². The number of carbonyl (C=O) groups is 2. The number of carbonyl (C=O) groups excluding carboxylic acids is 1. The molecule has 0 bridgehead atoms. The van der Waals surface area contributed by atoms with Crippen molar-refractivity contribution in [3.63, 3.8) is 0 Å². The Morgan fingerprint density at radius 3 is 2.18 bits per heavy atom. The van der Waals surface area contributed by atoms with Gasteiger partial charge in [0.2, 0.25) is 11.3 Å². The number of aryl methyl sites for hydroxylation is 2. The molecule has 0 fully saturated rings. The molecule has 272 valence electrons. The standard InChI is InChI=1S/C20H38N4O6.C14H12FNO3/c1-18(2)4-6-24-16-19(22-23-24)17-30-15-14-29-13-12-28-11-10-27-9-8-26-7-5-20(25)21-3;1-7-2-3-8-4-9(15)5-10-12(8)16(7)6-11(13(10)17)14(18)19/h16,18H,4-15,17H2,1-3H3,(H,21,25);4-7H,2-3H2,1H3,(H,18,19). The van der Waals surface area contributed by atoms with Crippen molar-refractivity contribution in [1.82, 2.24) is 24.9 Å². The second kappa shape index (κ2) is 21.4. The molecule has 0 saturated heterocycles. The summed E-state index contributed by atoms with van der Waals surface area (Å²) in [5, 5.41) is 20.0. The van der Waals surface area contributed by atoms with Gasteiger partial charge in [-0.2, -0.15) is 0 Å². The topological polar surface area (TPSA) is 165 Å². The summed E-state index contributed by atoms with van der Waals surface area (Å²) < 4.78 is 44.3. The van der Waals surface area contributed by atoms with Crippen LogP contribution in [0, 0.1) is 11.7 Å². The van der Waals surface area contributed by atoms with Crippen molar-refractivity contribution in [3.05, 3.63) is 57.4 Å². The maximum atomic E-state index is 13.6. The Bertz CT molecular complexity index is 1530. The second-order valence-corrected chi connectivity index (χ2v) is 12.0. The van der Waals surface area contributed by atoms with Crippen LogP contribution in [-0.4, -0.2) is 103 Å². The zero-order valence-corrected chi connectivity index (χ0v) is 29.0. The molecule has 1 amide bonds. The number of hydrogen-bond acceptors (Lipinski definition) is 10. The van der Waals surface area contributed by atoms with Crippen LogP contribution in [0.5, 0.6) is 0 Å². The first-order chi connectivity index (χ1) is 23.6. The molecule has 49 heavy (non-hydrogen) atoms. The molecule has 3 aromatic rings. The number of carboxylic acids is 1. The predicted molar refractivity (Wildman–Crippen MR) is 179 cm³/mol. The number of nitrogens with one attached hydrogen (secondary N) is 1. The lowest BCUT2D eigenvalue weighted by atomic mass is 9.96. The second-order valence-electron chi connectivity index (χ2n) is 12.0. The Morgan fingerprint density at radius 2 is 1.59 bits per heavy atom. The van der Waals surface area contributed by atoms with Gasteiger partial charge in [0.25, 0.3) is 0 Å². The highest BCUT2D eigenvalue weighted by molar-refractivity contribution is 5.93. The molecule has 0 aliphatic carbocycles. The normalized spacial score (nSPS) is 13.8. The number of aromatic nitrogens is 4. The molecule has 0 spiro atoms. The molecule has 1 aromatic carbocycles. The van der Waals surface area contributed by atoms with Crippen molar-refractivity contribution in [2.45, 2.75) is 65.6 Å². The molecule has 2 aromatic heterocycles. The number of amides is 1. The highest BCUT2D eigenvalue weighted by Gasteiger charge is 2.23. The van der Waals surface area contributed by atoms with Crippen molar-refractivity contribution in [2.24, 2.45) is 5.92 Å². The van der Waals surface area contributed by atoms with Gasteiger partial charge < -0.3 is 38.7 Å². The summed E-state index contributed by atoms with van der Waals surface area (Å²) in [6.45, 7) is 12.0. The van der Waals surface area contributed by atoms with E-state index in [4.69, 9.17) is 28.8 Å². The van der Waals surface area contributed by atoms with E-state index >= 15 is 0 Å². The number of ether oxygens (including phenoxy) is 5. The van der Waals surface area contributed by atoms with Crippen LogP contribution >= 0.6 is 0 Å². The Morgan fingerprint density at radius 1 is 0.980 bits per heavy atom. The number of nitrogens with zero attached hydrogens (tertiary/aromatic N) is 4. The molecule has 1 aliphatic heterocycles. The van der Waals surface area contributed by atoms with Gasteiger partial charge >= 0.3 is 5.97 Å². The van der Waals surface area contributed by atoms with Gasteiger partial charge in [-0.3, -0.25) is 14.3 Å². The number of halogens is 1. The maximum Gasteiger partial charge on any atom is 0.341 e. The monoisotopic (exact) mass is 691 g/mol. The van der Waals surface area contributed by atoms with Crippen molar-refractivity contribution >= 4 is 22.8 Å². The first kappa shape index (κ1) is 39.7. The highest BCUT2D eigenvalue weighted by Crippen LogP contribution is 2.30. The average molecular weight is 692 g/mol. The van der Waals surface area contributed by atoms with Gasteiger partial charge in [0, 0.05) is 37.6 Å². The molecule has 2 N–H and O–H groups in total. The lowest BCUT2D eigenvalue weighted by Gasteiger charge is -2.26. The van der Waals surface area contributed by atoms with Gasteiger partial charge in [0.15, 0.2) is 0 Å². The minimum atomic E-state index is -1.28. The Hall–Kier alpha value is -3.76. The van der Waals surface area contributed by atoms with Gasteiger partial charge in [0.1, 0.15) is 17.1 Å². The van der Waals surface area contributed by atoms with E-state index in [1.54, 1.807) is 11.6 Å². The summed E-state index contributed by atoms with van der Waals surface area (Å²) in [5.74, 6) is -1.16. The van der Waals surface area contributed by atoms with Crippen LogP contribution < -0.4 is 10.7 Å². The summed E-state index contributed by atoms with van der Waals surface area (Å²) >= 11 is 0. The minimum absolute atomic E-state index is 0.0281. The van der Waals surface area contributed by atoms with Crippen LogP contribution in [0.4, 0.5) is 4.39 Å². The van der Waals surface area contributed by atoms with Gasteiger partial charge in [-0.15, -0.1) is 5.10 Å². The fourth-order valence-corrected chi connectivity index (χ4v) is 4.99. The summed E-state index contributed by atoms with van der Waals surface area (Å²) in [7, 11) is 1.61. The van der Waals surface area contributed by atoms with E-state index in [-0.39, 0.29) is 22.9 Å². The zero-order chi connectivity index (χ0) is 35.6. The predicted octanol–water partition coefficient (Wildman–Crippen LogP) is 3.39. The largest absolute Gasteiger partial charge is 0.477 e. The molecule has 0 saturated carbocycles. The first-order valence-corrected chi connectivity index (χ1v) is 16.7. The quantitative estimate of drug-likeness (QED) is 0.157. The molecular formula is C34H50FN5O9. The lowest BCUT2D eigenvalue weighted by molar-refractivity contribution is -0.121. The van der Waals surface area contributed by atoms with E-state index in [2.05, 4.69) is 29.5 Å². The number of pyridine rings is 1. The van der Waals surface area contributed by atoms with Gasteiger partial charge in [-0.05, 0) is 49.8 Å². The molecule has 1 atom stereocenters. The van der Waals surface area contributed by atoms with Gasteiger partial charge in [0.05, 0.1) is 77.8 Å². The van der Waals surface area contributed by atoms with E-state index in [1.807, 2.05) is 17.8 Å². The number of hydrogen-bond donors (Lipinski definition) is 2. The molecule has 15 heteroatoms. The Kier molecular flexibility index (Phi) is 17.3. The molecule has 1 aliphatic rings. The van der Waals surface area contributed by atoms with Crippen LogP contribution in [0.15, 0.2) is 29.3 Å². The van der Waals surface area contributed by atoms with E-state index in [0.29, 0.717) is 90.3 Å². The molecule has 14 nitrogen and oxygen atoms in total. The summed E-state index contributed by atoms with van der Waals surface area (Å²) in [6, 6.07) is 2.64. The Labute approximate surface area is 285 Å². The van der Waals surface area contributed by atoms with Crippen LogP contribution in [0.25, 0.3) is 10.9 Å². The van der Waals surface area contributed by atoms with Crippen molar-refractivity contribution in [3.8, 4) is 0 Å². The maximum absolute atomic E-state index is 13.6. The molecular weight excluding hydrogens is 641 g/mol. The van der Waals surface area contributed by atoms with E-state index in [0.717, 1.165) is 36.7 Å². The SMILES string of the molecule is CC1CCc2cc(F)cc3c(=O)c(C(=O)O)cn1c23.CNC(=O)CCOCCOCCOCCOCCOCc1cn(CCC(C)C)nn1. The molecule has 4 rings (SSSR count). The van der Waals surface area contributed by atoms with E-state index < -0.39 is 17.2 Å². The van der Waals surface area contributed by atoms with Crippen LogP contribution in [-0.2, 0) is 48.1 Å². The zero-order valence-electron chi connectivity index (χ0n) is 29.0. The molecule has 0 radical (unpaired) electrons. The van der Waals surface area contributed by atoms with Crippen LogP contribution in [0.1, 0.15) is 67.7 Å². The third kappa shape index (κ3) is 13.6.